The Morgan fingerprint density at radius 2 is 1.88 bits per heavy atom. The topological polar surface area (TPSA) is 151 Å². The van der Waals surface area contributed by atoms with Gasteiger partial charge in [0, 0.05) is 18.7 Å². The summed E-state index contributed by atoms with van der Waals surface area (Å²) >= 11 is 12.6. The van der Waals surface area contributed by atoms with E-state index in [1.165, 1.54) is 12.1 Å². The van der Waals surface area contributed by atoms with Gasteiger partial charge in [0.2, 0.25) is 11.6 Å². The molecule has 1 heterocycles. The van der Waals surface area contributed by atoms with Gasteiger partial charge in [0.25, 0.3) is 5.91 Å². The van der Waals surface area contributed by atoms with Gasteiger partial charge in [-0.15, -0.1) is 10.2 Å². The zero-order chi connectivity index (χ0) is 24.5. The number of benzene rings is 1. The lowest BCUT2D eigenvalue weighted by Gasteiger charge is -2.14. The Labute approximate surface area is 200 Å². The molecule has 0 unspecified atom stereocenters. The summed E-state index contributed by atoms with van der Waals surface area (Å²) in [5.41, 5.74) is 3.03. The number of ether oxygens (including phenoxy) is 2. The largest absolute Gasteiger partial charge is 0.450 e. The predicted octanol–water partition coefficient (Wildman–Crippen LogP) is 4.30. The van der Waals surface area contributed by atoms with Crippen LogP contribution in [-0.4, -0.2) is 41.6 Å². The number of nitrogens with one attached hydrogen (secondary N) is 3. The van der Waals surface area contributed by atoms with Gasteiger partial charge in [-0.05, 0) is 25.0 Å². The molecule has 0 atom stereocenters. The minimum atomic E-state index is -1.04. The lowest BCUT2D eigenvalue weighted by atomic mass is 10.1. The number of halogens is 2. The van der Waals surface area contributed by atoms with Gasteiger partial charge < -0.3 is 14.8 Å². The van der Waals surface area contributed by atoms with E-state index in [-0.39, 0.29) is 39.9 Å². The molecule has 11 nitrogen and oxygen atoms in total. The third-order valence-corrected chi connectivity index (χ3v) is 4.54. The Kier molecular flexibility index (Phi) is 9.20. The number of carbonyl (C=O) groups excluding carboxylic acids is 2. The molecule has 0 aliphatic carbocycles. The van der Waals surface area contributed by atoms with E-state index in [0.717, 1.165) is 5.56 Å². The molecule has 0 aliphatic heterocycles. The van der Waals surface area contributed by atoms with Crippen LogP contribution >= 0.6 is 23.2 Å². The molecule has 0 aliphatic rings. The number of nitriles is 1. The second-order valence-corrected chi connectivity index (χ2v) is 7.44. The van der Waals surface area contributed by atoms with Crippen LogP contribution in [0.1, 0.15) is 32.3 Å². The fraction of sp³-hybridized carbons (Fsp3) is 0.300. The van der Waals surface area contributed by atoms with Gasteiger partial charge in [0.15, 0.2) is 11.6 Å². The van der Waals surface area contributed by atoms with Gasteiger partial charge in [-0.2, -0.15) is 10.4 Å². The Balaban J connectivity index is 2.21. The predicted molar refractivity (Wildman–Crippen MR) is 124 cm³/mol. The summed E-state index contributed by atoms with van der Waals surface area (Å²) in [4.78, 5) is 23.2. The zero-order valence-electron chi connectivity index (χ0n) is 18.2. The van der Waals surface area contributed by atoms with Crippen LogP contribution in [0.2, 0.25) is 10.0 Å². The number of amides is 2. The molecule has 2 amide bonds. The normalized spacial score (nSPS) is 10.9. The number of anilines is 2. The van der Waals surface area contributed by atoms with Crippen LogP contribution in [0, 0.1) is 11.3 Å². The quantitative estimate of drug-likeness (QED) is 0.360. The van der Waals surface area contributed by atoms with Gasteiger partial charge >= 0.3 is 6.09 Å². The summed E-state index contributed by atoms with van der Waals surface area (Å²) in [6.45, 7) is 5.64. The average molecular weight is 494 g/mol. The number of hydrogen-bond acceptors (Lipinski definition) is 10. The van der Waals surface area contributed by atoms with Gasteiger partial charge in [-0.25, -0.2) is 4.79 Å². The van der Waals surface area contributed by atoms with Gasteiger partial charge in [-0.1, -0.05) is 37.0 Å². The lowest BCUT2D eigenvalue weighted by molar-refractivity contribution is -0.114. The van der Waals surface area contributed by atoms with Crippen molar-refractivity contribution in [3.05, 3.63) is 33.8 Å². The molecule has 0 saturated heterocycles. The lowest BCUT2D eigenvalue weighted by Crippen LogP contribution is -2.36. The first-order valence-corrected chi connectivity index (χ1v) is 10.4. The summed E-state index contributed by atoms with van der Waals surface area (Å²) in [5, 5.41) is 25.9. The van der Waals surface area contributed by atoms with Crippen LogP contribution in [0.3, 0.4) is 0 Å². The van der Waals surface area contributed by atoms with Crippen molar-refractivity contribution in [2.24, 2.45) is 5.10 Å². The highest BCUT2D eigenvalue weighted by atomic mass is 35.5. The van der Waals surface area contributed by atoms with Crippen molar-refractivity contribution in [2.45, 2.75) is 26.7 Å². The van der Waals surface area contributed by atoms with E-state index in [2.05, 4.69) is 30.8 Å². The second-order valence-electron chi connectivity index (χ2n) is 6.62. The van der Waals surface area contributed by atoms with E-state index in [1.54, 1.807) is 26.1 Å². The first kappa shape index (κ1) is 25.6. The SMILES string of the molecule is CCOC(=O)NC(=O)/C(C#N)=N/Nc1cc(Cl)c(Oc2cc(C(C)C)c(NC)nn2)c(Cl)c1. The fourth-order valence-corrected chi connectivity index (χ4v) is 3.03. The van der Waals surface area contributed by atoms with E-state index in [9.17, 15) is 9.59 Å². The summed E-state index contributed by atoms with van der Waals surface area (Å²) in [6, 6.07) is 6.14. The van der Waals surface area contributed by atoms with Crippen molar-refractivity contribution in [1.29, 1.82) is 5.26 Å². The van der Waals surface area contributed by atoms with Crippen LogP contribution in [-0.2, 0) is 9.53 Å². The molecule has 33 heavy (non-hydrogen) atoms. The first-order valence-electron chi connectivity index (χ1n) is 9.64. The van der Waals surface area contributed by atoms with E-state index < -0.39 is 17.7 Å². The number of hydrazone groups is 1. The third-order valence-electron chi connectivity index (χ3n) is 3.97. The summed E-state index contributed by atoms with van der Waals surface area (Å²) in [7, 11) is 1.75. The van der Waals surface area contributed by atoms with Crippen molar-refractivity contribution in [2.75, 3.05) is 24.4 Å². The molecule has 2 aromatic rings. The number of aromatic nitrogens is 2. The van der Waals surface area contributed by atoms with Crippen molar-refractivity contribution < 1.29 is 19.1 Å². The molecule has 13 heteroatoms. The molecule has 2 rings (SSSR count). The Hall–Kier alpha value is -3.62. The summed E-state index contributed by atoms with van der Waals surface area (Å²) < 4.78 is 10.3. The minimum Gasteiger partial charge on any atom is -0.450 e. The molecule has 0 spiro atoms. The summed E-state index contributed by atoms with van der Waals surface area (Å²) in [5.74, 6) is 0.0886. The first-order chi connectivity index (χ1) is 15.7. The highest BCUT2D eigenvalue weighted by Gasteiger charge is 2.17. The number of alkyl carbamates (subject to hydrolysis) is 1. The second kappa shape index (κ2) is 11.8. The van der Waals surface area contributed by atoms with Crippen LogP contribution in [0.5, 0.6) is 11.6 Å². The van der Waals surface area contributed by atoms with Gasteiger partial charge in [-0.3, -0.25) is 15.5 Å². The van der Waals surface area contributed by atoms with E-state index in [4.69, 9.17) is 33.2 Å². The fourth-order valence-electron chi connectivity index (χ4n) is 2.46. The molecule has 3 N–H and O–H groups in total. The van der Waals surface area contributed by atoms with Crippen LogP contribution in [0.15, 0.2) is 23.3 Å². The molecule has 0 saturated carbocycles. The molecular weight excluding hydrogens is 473 g/mol. The smallest absolute Gasteiger partial charge is 0.414 e. The molecule has 1 aromatic heterocycles. The van der Waals surface area contributed by atoms with Crippen molar-refractivity contribution in [1.82, 2.24) is 15.5 Å². The Morgan fingerprint density at radius 3 is 2.42 bits per heavy atom. The number of nitrogens with zero attached hydrogens (tertiary/aromatic N) is 4. The molecule has 1 aromatic carbocycles. The van der Waals surface area contributed by atoms with Crippen LogP contribution in [0.25, 0.3) is 0 Å². The Bertz CT molecular complexity index is 1090. The maximum Gasteiger partial charge on any atom is 0.414 e. The van der Waals surface area contributed by atoms with E-state index in [0.29, 0.717) is 5.82 Å². The number of imide groups is 1. The highest BCUT2D eigenvalue weighted by molar-refractivity contribution is 6.47. The van der Waals surface area contributed by atoms with Crippen molar-refractivity contribution in [3.63, 3.8) is 0 Å². The van der Waals surface area contributed by atoms with Crippen LogP contribution < -0.4 is 20.8 Å². The monoisotopic (exact) mass is 493 g/mol. The van der Waals surface area contributed by atoms with Gasteiger partial charge in [0.05, 0.1) is 22.3 Å². The minimum absolute atomic E-state index is 0.0613. The average Bonchev–Trinajstić information content (AvgIpc) is 2.76. The summed E-state index contributed by atoms with van der Waals surface area (Å²) in [6.07, 6.45) is -0.996. The van der Waals surface area contributed by atoms with Crippen LogP contribution in [0.4, 0.5) is 16.3 Å². The van der Waals surface area contributed by atoms with E-state index >= 15 is 0 Å². The third kappa shape index (κ3) is 6.93. The molecule has 0 fully saturated rings. The van der Waals surface area contributed by atoms with Crippen molar-refractivity contribution >= 4 is 52.4 Å². The molecule has 0 radical (unpaired) electrons. The Morgan fingerprint density at radius 1 is 1.21 bits per heavy atom. The molecular formula is C20H21Cl2N7O4. The number of rotatable bonds is 8. The maximum absolute atomic E-state index is 11.9. The van der Waals surface area contributed by atoms with Crippen molar-refractivity contribution in [3.8, 4) is 17.7 Å². The highest BCUT2D eigenvalue weighted by Crippen LogP contribution is 2.39. The number of hydrogen-bond donors (Lipinski definition) is 3. The molecule has 0 bridgehead atoms. The maximum atomic E-state index is 11.9. The standard InChI is InChI=1S/C20H21Cl2N7O4/c1-5-32-20(31)25-19(30)15(9-23)27-26-11-6-13(21)17(14(22)7-11)33-16-8-12(10(2)3)18(24-4)29-28-16/h6-8,10,26H,5H2,1-4H3,(H,24,29)(H,25,30,31)/b27-15+. The van der Waals surface area contributed by atoms with E-state index in [1.807, 2.05) is 19.2 Å². The van der Waals surface area contributed by atoms with Gasteiger partial charge in [0.1, 0.15) is 6.07 Å². The molecule has 174 valence electrons. The zero-order valence-corrected chi connectivity index (χ0v) is 19.7. The number of carbonyl (C=O) groups is 2.